The van der Waals surface area contributed by atoms with E-state index in [1.807, 2.05) is 6.92 Å². The lowest BCUT2D eigenvalue weighted by molar-refractivity contribution is -0.141. The summed E-state index contributed by atoms with van der Waals surface area (Å²) in [4.78, 5) is 12.6. The van der Waals surface area contributed by atoms with Gasteiger partial charge in [-0.2, -0.15) is 18.3 Å². The van der Waals surface area contributed by atoms with E-state index in [1.54, 1.807) is 24.3 Å². The quantitative estimate of drug-likeness (QED) is 0.738. The van der Waals surface area contributed by atoms with Crippen LogP contribution in [0.3, 0.4) is 0 Å². The van der Waals surface area contributed by atoms with E-state index >= 15 is 0 Å². The van der Waals surface area contributed by atoms with Crippen LogP contribution in [0.5, 0.6) is 5.75 Å². The van der Waals surface area contributed by atoms with Crippen LogP contribution in [0.2, 0.25) is 5.02 Å². The molecule has 1 aliphatic carbocycles. The van der Waals surface area contributed by atoms with Gasteiger partial charge in [0.2, 0.25) is 5.91 Å². The van der Waals surface area contributed by atoms with Crippen LogP contribution in [0.4, 0.5) is 18.9 Å². The Morgan fingerprint density at radius 3 is 2.52 bits per heavy atom. The lowest BCUT2D eigenvalue weighted by Crippen LogP contribution is -2.26. The summed E-state index contributed by atoms with van der Waals surface area (Å²) in [5, 5.41) is 5.89. The second kappa shape index (κ2) is 7.42. The van der Waals surface area contributed by atoms with Crippen molar-refractivity contribution in [1.29, 1.82) is 0 Å². The molecule has 1 heterocycles. The van der Waals surface area contributed by atoms with E-state index in [0.717, 1.165) is 17.5 Å². The maximum Gasteiger partial charge on any atom is 0.436 e. The predicted octanol–water partition coefficient (Wildman–Crippen LogP) is 5.03. The zero-order valence-corrected chi connectivity index (χ0v) is 15.6. The Hall–Kier alpha value is -2.22. The van der Waals surface area contributed by atoms with Gasteiger partial charge in [-0.15, -0.1) is 0 Å². The van der Waals surface area contributed by atoms with Gasteiger partial charge in [0.15, 0.2) is 5.69 Å². The summed E-state index contributed by atoms with van der Waals surface area (Å²) in [6.45, 7) is 3.88. The number of aromatic nitrogens is 2. The molecule has 3 rings (SSSR count). The van der Waals surface area contributed by atoms with E-state index in [2.05, 4.69) is 10.4 Å². The maximum absolute atomic E-state index is 13.2. The molecule has 1 saturated carbocycles. The fourth-order valence-electron chi connectivity index (χ4n) is 2.79. The zero-order chi connectivity index (χ0) is 19.8. The predicted molar refractivity (Wildman–Crippen MR) is 95.2 cm³/mol. The monoisotopic (exact) mass is 401 g/mol. The second-order valence-electron chi connectivity index (χ2n) is 6.39. The van der Waals surface area contributed by atoms with E-state index in [9.17, 15) is 18.0 Å². The minimum atomic E-state index is -4.67. The molecule has 146 valence electrons. The standard InChI is InChI=1S/C18H19ClF3N3O2/c1-3-27-13-8-6-12(7-9-13)23-17(26)10(2)25-15(11-4-5-11)14(19)16(24-25)18(20,21)22/h6-11H,3-5H2,1-2H3,(H,23,26). The van der Waals surface area contributed by atoms with Crippen molar-refractivity contribution >= 4 is 23.2 Å². The number of nitrogens with one attached hydrogen (secondary N) is 1. The number of hydrogen-bond donors (Lipinski definition) is 1. The molecule has 2 aromatic rings. The molecule has 1 amide bonds. The van der Waals surface area contributed by atoms with Gasteiger partial charge >= 0.3 is 6.18 Å². The minimum absolute atomic E-state index is 0.0955. The number of anilines is 1. The third-order valence-electron chi connectivity index (χ3n) is 4.30. The average molecular weight is 402 g/mol. The van der Waals surface area contributed by atoms with Crippen LogP contribution < -0.4 is 10.1 Å². The number of halogens is 4. The highest BCUT2D eigenvalue weighted by Gasteiger charge is 2.43. The third-order valence-corrected chi connectivity index (χ3v) is 4.67. The van der Waals surface area contributed by atoms with Crippen LogP contribution in [0.1, 0.15) is 50.0 Å². The van der Waals surface area contributed by atoms with Crippen LogP contribution in [-0.2, 0) is 11.0 Å². The first-order chi connectivity index (χ1) is 12.7. The van der Waals surface area contributed by atoms with Crippen LogP contribution >= 0.6 is 11.6 Å². The summed E-state index contributed by atoms with van der Waals surface area (Å²) in [6.07, 6.45) is -3.21. The van der Waals surface area contributed by atoms with Crippen molar-refractivity contribution in [3.63, 3.8) is 0 Å². The molecule has 0 aliphatic heterocycles. The number of carbonyl (C=O) groups is 1. The Morgan fingerprint density at radius 2 is 2.00 bits per heavy atom. The molecule has 0 bridgehead atoms. The molecule has 0 spiro atoms. The molecule has 0 radical (unpaired) electrons. The number of hydrogen-bond acceptors (Lipinski definition) is 3. The van der Waals surface area contributed by atoms with Crippen molar-refractivity contribution in [1.82, 2.24) is 9.78 Å². The van der Waals surface area contributed by atoms with Crippen molar-refractivity contribution in [3.8, 4) is 5.75 Å². The summed E-state index contributed by atoms with van der Waals surface area (Å²) in [6, 6.07) is 5.78. The first-order valence-electron chi connectivity index (χ1n) is 8.61. The van der Waals surface area contributed by atoms with Gasteiger partial charge in [-0.05, 0) is 51.0 Å². The van der Waals surface area contributed by atoms with Gasteiger partial charge in [0.05, 0.1) is 17.3 Å². The van der Waals surface area contributed by atoms with Gasteiger partial charge in [-0.1, -0.05) is 11.6 Å². The molecular formula is C18H19ClF3N3O2. The molecule has 5 nitrogen and oxygen atoms in total. The van der Waals surface area contributed by atoms with E-state index < -0.39 is 28.8 Å². The smallest absolute Gasteiger partial charge is 0.436 e. The maximum atomic E-state index is 13.2. The lowest BCUT2D eigenvalue weighted by Gasteiger charge is -2.16. The van der Waals surface area contributed by atoms with Crippen molar-refractivity contribution < 1.29 is 22.7 Å². The molecule has 1 fully saturated rings. The van der Waals surface area contributed by atoms with E-state index in [4.69, 9.17) is 16.3 Å². The first-order valence-corrected chi connectivity index (χ1v) is 8.99. The average Bonchev–Trinajstić information content (AvgIpc) is 3.37. The molecule has 1 atom stereocenters. The number of nitrogens with zero attached hydrogens (tertiary/aromatic N) is 2. The Kier molecular flexibility index (Phi) is 5.37. The molecule has 1 aliphatic rings. The van der Waals surface area contributed by atoms with Gasteiger partial charge in [-0.3, -0.25) is 9.48 Å². The zero-order valence-electron chi connectivity index (χ0n) is 14.8. The molecule has 1 unspecified atom stereocenters. The van der Waals surface area contributed by atoms with E-state index in [1.165, 1.54) is 6.92 Å². The van der Waals surface area contributed by atoms with Crippen LogP contribution in [-0.4, -0.2) is 22.3 Å². The summed E-state index contributed by atoms with van der Waals surface area (Å²) in [5.74, 6) is 0.0871. The molecule has 1 aromatic heterocycles. The van der Waals surface area contributed by atoms with E-state index in [0.29, 0.717) is 18.0 Å². The third kappa shape index (κ3) is 4.21. The fraction of sp³-hybridized carbons (Fsp3) is 0.444. The van der Waals surface area contributed by atoms with Gasteiger partial charge in [0, 0.05) is 11.6 Å². The van der Waals surface area contributed by atoms with Crippen LogP contribution in [0, 0.1) is 0 Å². The number of benzene rings is 1. The van der Waals surface area contributed by atoms with Gasteiger partial charge in [0.1, 0.15) is 11.8 Å². The van der Waals surface area contributed by atoms with Gasteiger partial charge in [-0.25, -0.2) is 0 Å². The number of alkyl halides is 3. The molecule has 27 heavy (non-hydrogen) atoms. The number of amides is 1. The summed E-state index contributed by atoms with van der Waals surface area (Å²) >= 11 is 5.96. The van der Waals surface area contributed by atoms with Gasteiger partial charge in [0.25, 0.3) is 0 Å². The van der Waals surface area contributed by atoms with Crippen molar-refractivity contribution in [2.75, 3.05) is 11.9 Å². The fourth-order valence-corrected chi connectivity index (χ4v) is 3.17. The largest absolute Gasteiger partial charge is 0.494 e. The van der Waals surface area contributed by atoms with Crippen molar-refractivity contribution in [2.24, 2.45) is 0 Å². The highest BCUT2D eigenvalue weighted by molar-refractivity contribution is 6.32. The Labute approximate surface area is 159 Å². The molecule has 0 saturated heterocycles. The Morgan fingerprint density at radius 1 is 1.37 bits per heavy atom. The van der Waals surface area contributed by atoms with Gasteiger partial charge < -0.3 is 10.1 Å². The molecule has 1 aromatic carbocycles. The molecular weight excluding hydrogens is 383 g/mol. The van der Waals surface area contributed by atoms with E-state index in [-0.39, 0.29) is 11.6 Å². The number of rotatable bonds is 6. The first kappa shape index (κ1) is 19.5. The number of ether oxygens (including phenoxy) is 1. The highest BCUT2D eigenvalue weighted by Crippen LogP contribution is 2.47. The number of carbonyl (C=O) groups excluding carboxylic acids is 1. The van der Waals surface area contributed by atoms with Crippen LogP contribution in [0.25, 0.3) is 0 Å². The summed E-state index contributed by atoms with van der Waals surface area (Å²) in [5.41, 5.74) is -0.359. The topological polar surface area (TPSA) is 56.1 Å². The van der Waals surface area contributed by atoms with Crippen LogP contribution in [0.15, 0.2) is 24.3 Å². The SMILES string of the molecule is CCOc1ccc(NC(=O)C(C)n2nc(C(F)(F)F)c(Cl)c2C2CC2)cc1. The summed E-state index contributed by atoms with van der Waals surface area (Å²) < 4.78 is 45.9. The second-order valence-corrected chi connectivity index (χ2v) is 6.77. The van der Waals surface area contributed by atoms with Crippen molar-refractivity contribution in [2.45, 2.75) is 44.8 Å². The van der Waals surface area contributed by atoms with Crippen molar-refractivity contribution in [3.05, 3.63) is 40.7 Å². The normalized spacial score (nSPS) is 15.5. The highest BCUT2D eigenvalue weighted by atomic mass is 35.5. The molecule has 9 heteroatoms. The Balaban J connectivity index is 1.82. The minimum Gasteiger partial charge on any atom is -0.494 e. The Bertz CT molecular complexity index is 830. The molecule has 1 N–H and O–H groups in total. The lowest BCUT2D eigenvalue weighted by atomic mass is 10.2. The summed E-state index contributed by atoms with van der Waals surface area (Å²) in [7, 11) is 0.